The Bertz CT molecular complexity index is 220. The Hall–Kier alpha value is -0.570. The molecule has 1 saturated carbocycles. The van der Waals surface area contributed by atoms with Gasteiger partial charge in [-0.15, -0.1) is 0 Å². The van der Waals surface area contributed by atoms with E-state index in [-0.39, 0.29) is 11.4 Å². The summed E-state index contributed by atoms with van der Waals surface area (Å²) in [5, 5.41) is 6.35. The van der Waals surface area contributed by atoms with Crippen molar-refractivity contribution in [2.75, 3.05) is 13.1 Å². The minimum atomic E-state index is 0.125. The SMILES string of the molecule is CC(C)CNC(=O)CNC1(C)CCCCC1. The van der Waals surface area contributed by atoms with Gasteiger partial charge in [-0.05, 0) is 25.7 Å². The molecule has 0 saturated heterocycles. The van der Waals surface area contributed by atoms with Crippen molar-refractivity contribution >= 4 is 5.91 Å². The maximum absolute atomic E-state index is 11.6. The van der Waals surface area contributed by atoms with Gasteiger partial charge in [0.2, 0.25) is 5.91 Å². The van der Waals surface area contributed by atoms with Crippen LogP contribution in [0.2, 0.25) is 0 Å². The fraction of sp³-hybridized carbons (Fsp3) is 0.923. The lowest BCUT2D eigenvalue weighted by molar-refractivity contribution is -0.120. The Morgan fingerprint density at radius 2 is 1.88 bits per heavy atom. The topological polar surface area (TPSA) is 41.1 Å². The van der Waals surface area contributed by atoms with Crippen LogP contribution >= 0.6 is 0 Å². The zero-order valence-electron chi connectivity index (χ0n) is 10.9. The van der Waals surface area contributed by atoms with E-state index in [1.54, 1.807) is 0 Å². The second-order valence-corrected chi connectivity index (χ2v) is 5.67. The lowest BCUT2D eigenvalue weighted by Gasteiger charge is -2.34. The van der Waals surface area contributed by atoms with Crippen LogP contribution in [0.15, 0.2) is 0 Å². The molecular formula is C13H26N2O. The Labute approximate surface area is 99.4 Å². The van der Waals surface area contributed by atoms with Crippen LogP contribution in [-0.4, -0.2) is 24.5 Å². The summed E-state index contributed by atoms with van der Waals surface area (Å²) in [6.07, 6.45) is 6.32. The van der Waals surface area contributed by atoms with Gasteiger partial charge in [-0.3, -0.25) is 4.79 Å². The summed E-state index contributed by atoms with van der Waals surface area (Å²) in [5.74, 6) is 0.648. The normalized spacial score (nSPS) is 19.8. The number of hydrogen-bond acceptors (Lipinski definition) is 2. The first-order chi connectivity index (χ1) is 7.52. The molecule has 0 bridgehead atoms. The number of amides is 1. The van der Waals surface area contributed by atoms with Crippen molar-refractivity contribution in [3.05, 3.63) is 0 Å². The predicted octanol–water partition coefficient (Wildman–Crippen LogP) is 2.07. The molecule has 0 spiro atoms. The van der Waals surface area contributed by atoms with Gasteiger partial charge in [-0.2, -0.15) is 0 Å². The number of nitrogens with one attached hydrogen (secondary N) is 2. The molecule has 3 heteroatoms. The zero-order valence-corrected chi connectivity index (χ0v) is 10.9. The fourth-order valence-corrected chi connectivity index (χ4v) is 2.18. The zero-order chi connectivity index (χ0) is 12.0. The highest BCUT2D eigenvalue weighted by Gasteiger charge is 2.26. The van der Waals surface area contributed by atoms with Crippen LogP contribution in [0.5, 0.6) is 0 Å². The van der Waals surface area contributed by atoms with E-state index in [0.29, 0.717) is 12.5 Å². The summed E-state index contributed by atoms with van der Waals surface area (Å²) in [4.78, 5) is 11.6. The largest absolute Gasteiger partial charge is 0.355 e. The molecule has 1 amide bonds. The summed E-state index contributed by atoms with van der Waals surface area (Å²) in [5.41, 5.74) is 0.188. The third kappa shape index (κ3) is 4.97. The molecule has 94 valence electrons. The Balaban J connectivity index is 2.19. The van der Waals surface area contributed by atoms with E-state index in [2.05, 4.69) is 31.4 Å². The van der Waals surface area contributed by atoms with Gasteiger partial charge in [0.15, 0.2) is 0 Å². The van der Waals surface area contributed by atoms with Gasteiger partial charge in [0.25, 0.3) is 0 Å². The van der Waals surface area contributed by atoms with Crippen molar-refractivity contribution in [1.82, 2.24) is 10.6 Å². The van der Waals surface area contributed by atoms with Crippen LogP contribution in [0.25, 0.3) is 0 Å². The second kappa shape index (κ2) is 6.24. The highest BCUT2D eigenvalue weighted by atomic mass is 16.1. The molecule has 1 rings (SSSR count). The lowest BCUT2D eigenvalue weighted by Crippen LogP contribution is -2.48. The molecule has 0 radical (unpaired) electrons. The number of carbonyl (C=O) groups is 1. The lowest BCUT2D eigenvalue weighted by atomic mass is 9.83. The monoisotopic (exact) mass is 226 g/mol. The summed E-state index contributed by atoms with van der Waals surface area (Å²) in [6.45, 7) is 7.69. The molecule has 0 atom stereocenters. The van der Waals surface area contributed by atoms with E-state index in [1.165, 1.54) is 32.1 Å². The molecular weight excluding hydrogens is 200 g/mol. The smallest absolute Gasteiger partial charge is 0.233 e. The Morgan fingerprint density at radius 1 is 1.25 bits per heavy atom. The molecule has 0 aromatic heterocycles. The van der Waals surface area contributed by atoms with E-state index in [4.69, 9.17) is 0 Å². The third-order valence-electron chi connectivity index (χ3n) is 3.34. The van der Waals surface area contributed by atoms with Gasteiger partial charge in [-0.1, -0.05) is 33.1 Å². The molecule has 0 heterocycles. The standard InChI is InChI=1S/C13H26N2O/c1-11(2)9-14-12(16)10-15-13(3)7-5-4-6-8-13/h11,15H,4-10H2,1-3H3,(H,14,16). The van der Waals surface area contributed by atoms with Crippen molar-refractivity contribution < 1.29 is 4.79 Å². The number of carbonyl (C=O) groups excluding carboxylic acids is 1. The van der Waals surface area contributed by atoms with Gasteiger partial charge < -0.3 is 10.6 Å². The van der Waals surface area contributed by atoms with Crippen LogP contribution in [0.4, 0.5) is 0 Å². The fourth-order valence-electron chi connectivity index (χ4n) is 2.18. The van der Waals surface area contributed by atoms with Crippen molar-refractivity contribution in [3.8, 4) is 0 Å². The second-order valence-electron chi connectivity index (χ2n) is 5.67. The van der Waals surface area contributed by atoms with Crippen molar-refractivity contribution in [2.24, 2.45) is 5.92 Å². The van der Waals surface area contributed by atoms with E-state index >= 15 is 0 Å². The van der Waals surface area contributed by atoms with Gasteiger partial charge in [-0.25, -0.2) is 0 Å². The third-order valence-corrected chi connectivity index (χ3v) is 3.34. The van der Waals surface area contributed by atoms with Crippen molar-refractivity contribution in [3.63, 3.8) is 0 Å². The highest BCUT2D eigenvalue weighted by Crippen LogP contribution is 2.27. The molecule has 1 fully saturated rings. The maximum atomic E-state index is 11.6. The molecule has 0 aliphatic heterocycles. The summed E-state index contributed by atoms with van der Waals surface area (Å²) in [7, 11) is 0. The minimum absolute atomic E-state index is 0.125. The Kier molecular flexibility index (Phi) is 5.26. The quantitative estimate of drug-likeness (QED) is 0.753. The van der Waals surface area contributed by atoms with Crippen molar-refractivity contribution in [2.45, 2.75) is 58.4 Å². The van der Waals surface area contributed by atoms with E-state index in [1.807, 2.05) is 0 Å². The van der Waals surface area contributed by atoms with Crippen molar-refractivity contribution in [1.29, 1.82) is 0 Å². The van der Waals surface area contributed by atoms with E-state index < -0.39 is 0 Å². The molecule has 3 nitrogen and oxygen atoms in total. The molecule has 2 N–H and O–H groups in total. The highest BCUT2D eigenvalue weighted by molar-refractivity contribution is 5.78. The van der Waals surface area contributed by atoms with E-state index in [9.17, 15) is 4.79 Å². The van der Waals surface area contributed by atoms with Gasteiger partial charge in [0.1, 0.15) is 0 Å². The molecule has 1 aliphatic carbocycles. The molecule has 0 aromatic carbocycles. The average molecular weight is 226 g/mol. The van der Waals surface area contributed by atoms with E-state index in [0.717, 1.165) is 6.54 Å². The first-order valence-corrected chi connectivity index (χ1v) is 6.53. The summed E-state index contributed by atoms with van der Waals surface area (Å²) in [6, 6.07) is 0. The minimum Gasteiger partial charge on any atom is -0.355 e. The Morgan fingerprint density at radius 3 is 2.44 bits per heavy atom. The summed E-state index contributed by atoms with van der Waals surface area (Å²) >= 11 is 0. The average Bonchev–Trinajstić information content (AvgIpc) is 2.25. The summed E-state index contributed by atoms with van der Waals surface area (Å²) < 4.78 is 0. The molecule has 16 heavy (non-hydrogen) atoms. The van der Waals surface area contributed by atoms with Crippen LogP contribution < -0.4 is 10.6 Å². The molecule has 0 unspecified atom stereocenters. The molecule has 0 aromatic rings. The van der Waals surface area contributed by atoms with Gasteiger partial charge >= 0.3 is 0 Å². The van der Waals surface area contributed by atoms with Gasteiger partial charge in [0.05, 0.1) is 6.54 Å². The van der Waals surface area contributed by atoms with Crippen LogP contribution in [0.3, 0.4) is 0 Å². The first-order valence-electron chi connectivity index (χ1n) is 6.53. The van der Waals surface area contributed by atoms with Crippen LogP contribution in [-0.2, 0) is 4.79 Å². The van der Waals surface area contributed by atoms with Gasteiger partial charge in [0, 0.05) is 12.1 Å². The number of rotatable bonds is 5. The van der Waals surface area contributed by atoms with Crippen LogP contribution in [0, 0.1) is 5.92 Å². The molecule has 1 aliphatic rings. The first kappa shape index (κ1) is 13.5. The maximum Gasteiger partial charge on any atom is 0.233 e. The predicted molar refractivity (Wildman–Crippen MR) is 67.3 cm³/mol. The van der Waals surface area contributed by atoms with Crippen LogP contribution in [0.1, 0.15) is 52.9 Å². The number of hydrogen-bond donors (Lipinski definition) is 2.